The predicted octanol–water partition coefficient (Wildman–Crippen LogP) is 4.44. The summed E-state index contributed by atoms with van der Waals surface area (Å²) in [5.74, 6) is 0.647. The van der Waals surface area contributed by atoms with Gasteiger partial charge in [-0.25, -0.2) is 0 Å². The van der Waals surface area contributed by atoms with E-state index in [4.69, 9.17) is 17.0 Å². The van der Waals surface area contributed by atoms with Crippen molar-refractivity contribution in [3.63, 3.8) is 0 Å². The Kier molecular flexibility index (Phi) is 8.96. The number of unbranched alkanes of at least 4 members (excludes halogenated alkanes) is 2. The van der Waals surface area contributed by atoms with Gasteiger partial charge in [0.1, 0.15) is 21.8 Å². The van der Waals surface area contributed by atoms with Gasteiger partial charge in [-0.05, 0) is 45.3 Å². The third kappa shape index (κ3) is 5.40. The van der Waals surface area contributed by atoms with Crippen molar-refractivity contribution < 1.29 is 9.53 Å². The Morgan fingerprint density at radius 3 is 2.41 bits per heavy atom. The maximum Gasteiger partial charge on any atom is 0.270 e. The lowest BCUT2D eigenvalue weighted by Gasteiger charge is -2.39. The Labute approximate surface area is 211 Å². The highest BCUT2D eigenvalue weighted by Gasteiger charge is 2.34. The van der Waals surface area contributed by atoms with Gasteiger partial charge in [-0.1, -0.05) is 50.7 Å². The van der Waals surface area contributed by atoms with Crippen LogP contribution in [0.3, 0.4) is 0 Å². The lowest BCUT2D eigenvalue weighted by atomic mass is 10.0. The highest BCUT2D eigenvalue weighted by atomic mass is 32.2. The maximum absolute atomic E-state index is 13.3. The molecule has 1 aromatic rings. The summed E-state index contributed by atoms with van der Waals surface area (Å²) in [5, 5.41) is 9.80. The van der Waals surface area contributed by atoms with E-state index in [-0.39, 0.29) is 29.2 Å². The molecule has 184 valence electrons. The summed E-state index contributed by atoms with van der Waals surface area (Å²) in [6.45, 7) is 12.3. The SMILES string of the molecule is CCCCCN1C(=O)/C(=C/c2c(C)c(C#N)c(=O)n(CCC)c2N2CC(C)OC(C)C2)SC1=S. The van der Waals surface area contributed by atoms with Gasteiger partial charge >= 0.3 is 0 Å². The number of thiocarbonyl (C=S) groups is 1. The Morgan fingerprint density at radius 1 is 1.15 bits per heavy atom. The highest BCUT2D eigenvalue weighted by molar-refractivity contribution is 8.26. The number of pyridine rings is 1. The van der Waals surface area contributed by atoms with Crippen LogP contribution in [0.4, 0.5) is 5.82 Å². The summed E-state index contributed by atoms with van der Waals surface area (Å²) in [6, 6.07) is 2.10. The van der Waals surface area contributed by atoms with E-state index in [2.05, 4.69) is 17.9 Å². The van der Waals surface area contributed by atoms with Crippen LogP contribution in [-0.2, 0) is 16.1 Å². The third-order valence-corrected chi connectivity index (χ3v) is 7.52. The first-order chi connectivity index (χ1) is 16.2. The summed E-state index contributed by atoms with van der Waals surface area (Å²) in [5.41, 5.74) is 1.17. The van der Waals surface area contributed by atoms with E-state index >= 15 is 0 Å². The minimum absolute atomic E-state index is 0.00509. The van der Waals surface area contributed by atoms with E-state index in [1.54, 1.807) is 16.4 Å². The molecule has 9 heteroatoms. The first kappa shape index (κ1) is 26.5. The molecule has 0 aliphatic carbocycles. The van der Waals surface area contributed by atoms with Crippen LogP contribution in [0.15, 0.2) is 9.70 Å². The molecule has 7 nitrogen and oxygen atoms in total. The Morgan fingerprint density at radius 2 is 1.82 bits per heavy atom. The van der Waals surface area contributed by atoms with Crippen LogP contribution < -0.4 is 10.5 Å². The van der Waals surface area contributed by atoms with Crippen LogP contribution in [0, 0.1) is 18.3 Å². The molecule has 0 aromatic carbocycles. The molecule has 0 N–H and O–H groups in total. The van der Waals surface area contributed by atoms with E-state index in [1.807, 2.05) is 26.8 Å². The number of hydrogen-bond acceptors (Lipinski definition) is 7. The van der Waals surface area contributed by atoms with E-state index < -0.39 is 0 Å². The van der Waals surface area contributed by atoms with Gasteiger partial charge in [0.25, 0.3) is 11.5 Å². The monoisotopic (exact) mass is 502 g/mol. The van der Waals surface area contributed by atoms with E-state index in [1.165, 1.54) is 11.8 Å². The molecule has 0 saturated carbocycles. The summed E-state index contributed by atoms with van der Waals surface area (Å²) in [4.78, 5) is 30.9. The Balaban J connectivity index is 2.17. The molecule has 2 atom stereocenters. The summed E-state index contributed by atoms with van der Waals surface area (Å²) >= 11 is 6.80. The van der Waals surface area contributed by atoms with E-state index in [0.29, 0.717) is 41.0 Å². The minimum atomic E-state index is -0.284. The lowest BCUT2D eigenvalue weighted by Crippen LogP contribution is -2.48. The van der Waals surface area contributed by atoms with E-state index in [0.717, 1.165) is 37.1 Å². The lowest BCUT2D eigenvalue weighted by molar-refractivity contribution is -0.122. The van der Waals surface area contributed by atoms with Gasteiger partial charge in [0.05, 0.1) is 17.1 Å². The van der Waals surface area contributed by atoms with Gasteiger partial charge < -0.3 is 9.64 Å². The van der Waals surface area contributed by atoms with Crippen LogP contribution in [0.5, 0.6) is 0 Å². The molecular weight excluding hydrogens is 468 g/mol. The first-order valence-corrected chi connectivity index (χ1v) is 13.3. The molecular formula is C25H34N4O3S2. The highest BCUT2D eigenvalue weighted by Crippen LogP contribution is 2.36. The number of ether oxygens (including phenoxy) is 1. The molecule has 3 rings (SSSR count). The van der Waals surface area contributed by atoms with Crippen LogP contribution in [-0.4, -0.2) is 51.5 Å². The Hall–Kier alpha value is -2.15. The number of carbonyl (C=O) groups excluding carboxylic acids is 1. The molecule has 0 spiro atoms. The van der Waals surface area contributed by atoms with Crippen LogP contribution in [0.1, 0.15) is 70.1 Å². The molecule has 2 aliphatic rings. The largest absolute Gasteiger partial charge is 0.372 e. The number of hydrogen-bond donors (Lipinski definition) is 0. The standard InChI is InChI=1S/C25H34N4O3S2/c1-6-8-9-11-29-24(31)21(34-25(29)33)12-19-18(5)20(13-26)23(30)28(10-7-2)22(19)27-14-16(3)32-17(4)15-27/h12,16-17H,6-11,14-15H2,1-5H3/b21-12-. The molecule has 3 heterocycles. The van der Waals surface area contributed by atoms with Gasteiger partial charge in [-0.3, -0.25) is 19.1 Å². The van der Waals surface area contributed by atoms with Crippen molar-refractivity contribution in [3.8, 4) is 6.07 Å². The number of morpholine rings is 1. The molecule has 2 aliphatic heterocycles. The average molecular weight is 503 g/mol. The summed E-state index contributed by atoms with van der Waals surface area (Å²) in [7, 11) is 0. The predicted molar refractivity (Wildman–Crippen MR) is 142 cm³/mol. The molecule has 2 unspecified atom stereocenters. The maximum atomic E-state index is 13.3. The first-order valence-electron chi connectivity index (χ1n) is 12.1. The number of aromatic nitrogens is 1. The smallest absolute Gasteiger partial charge is 0.270 e. The molecule has 0 bridgehead atoms. The number of nitriles is 1. The molecule has 1 aromatic heterocycles. The third-order valence-electron chi connectivity index (χ3n) is 6.15. The second kappa shape index (κ2) is 11.5. The van der Waals surface area contributed by atoms with Gasteiger partial charge in [0, 0.05) is 31.7 Å². The number of amides is 1. The quantitative estimate of drug-likeness (QED) is 0.295. The fourth-order valence-corrected chi connectivity index (χ4v) is 5.90. The summed E-state index contributed by atoms with van der Waals surface area (Å²) < 4.78 is 8.19. The van der Waals surface area contributed by atoms with Crippen molar-refractivity contribution in [1.29, 1.82) is 5.26 Å². The topological polar surface area (TPSA) is 78.6 Å². The van der Waals surface area contributed by atoms with Crippen molar-refractivity contribution >= 4 is 46.1 Å². The van der Waals surface area contributed by atoms with Crippen molar-refractivity contribution in [2.45, 2.75) is 79.1 Å². The van der Waals surface area contributed by atoms with Gasteiger partial charge in [0.15, 0.2) is 0 Å². The van der Waals surface area contributed by atoms with Crippen LogP contribution >= 0.6 is 24.0 Å². The fourth-order valence-electron chi connectivity index (χ4n) is 4.61. The van der Waals surface area contributed by atoms with Crippen LogP contribution in [0.25, 0.3) is 6.08 Å². The Bertz CT molecular complexity index is 1080. The zero-order chi connectivity index (χ0) is 25.0. The van der Waals surface area contributed by atoms with Crippen LogP contribution in [0.2, 0.25) is 0 Å². The average Bonchev–Trinajstić information content (AvgIpc) is 3.04. The molecule has 2 fully saturated rings. The normalized spacial score (nSPS) is 22.1. The zero-order valence-electron chi connectivity index (χ0n) is 20.7. The number of rotatable bonds is 8. The van der Waals surface area contributed by atoms with Gasteiger partial charge in [0.2, 0.25) is 0 Å². The van der Waals surface area contributed by atoms with Crippen molar-refractivity contribution in [2.24, 2.45) is 0 Å². The minimum Gasteiger partial charge on any atom is -0.372 e. The number of thioether (sulfide) groups is 1. The second-order valence-electron chi connectivity index (χ2n) is 9.01. The van der Waals surface area contributed by atoms with Crippen molar-refractivity contribution in [2.75, 3.05) is 24.5 Å². The van der Waals surface area contributed by atoms with E-state index in [9.17, 15) is 14.9 Å². The van der Waals surface area contributed by atoms with Gasteiger partial charge in [-0.2, -0.15) is 5.26 Å². The number of nitrogens with zero attached hydrogens (tertiary/aromatic N) is 4. The molecule has 34 heavy (non-hydrogen) atoms. The molecule has 0 radical (unpaired) electrons. The molecule has 2 saturated heterocycles. The number of carbonyl (C=O) groups is 1. The summed E-state index contributed by atoms with van der Waals surface area (Å²) in [6.07, 6.45) is 5.59. The molecule has 1 amide bonds. The van der Waals surface area contributed by atoms with Crippen molar-refractivity contribution in [1.82, 2.24) is 9.47 Å². The second-order valence-corrected chi connectivity index (χ2v) is 10.7. The fraction of sp³-hybridized carbons (Fsp3) is 0.600. The van der Waals surface area contributed by atoms with Crippen molar-refractivity contribution in [3.05, 3.63) is 31.9 Å². The zero-order valence-corrected chi connectivity index (χ0v) is 22.4. The van der Waals surface area contributed by atoms with Gasteiger partial charge in [-0.15, -0.1) is 0 Å². The number of anilines is 1.